The molecule has 0 spiro atoms. The minimum Gasteiger partial charge on any atom is -0.297 e. The number of hydrogen-bond donors (Lipinski definition) is 0. The number of unbranched alkanes of at least 4 members (excludes halogenated alkanes) is 2. The summed E-state index contributed by atoms with van der Waals surface area (Å²) in [5.41, 5.74) is 0.445. The van der Waals surface area contributed by atoms with E-state index < -0.39 is 0 Å². The highest BCUT2D eigenvalue weighted by atomic mass is 15.2. The van der Waals surface area contributed by atoms with Crippen LogP contribution in [0.4, 0.5) is 0 Å². The van der Waals surface area contributed by atoms with Gasteiger partial charge in [0.2, 0.25) is 0 Å². The normalized spacial score (nSPS) is 26.6. The van der Waals surface area contributed by atoms with E-state index in [1.165, 1.54) is 51.5 Å². The quantitative estimate of drug-likeness (QED) is 0.599. The van der Waals surface area contributed by atoms with E-state index in [-0.39, 0.29) is 0 Å². The van der Waals surface area contributed by atoms with Crippen LogP contribution in [0.3, 0.4) is 0 Å². The Hall–Kier alpha value is -0.0400. The Morgan fingerprint density at radius 3 is 2.18 bits per heavy atom. The molecule has 0 aromatic rings. The van der Waals surface area contributed by atoms with Gasteiger partial charge in [0.25, 0.3) is 0 Å². The maximum Gasteiger partial charge on any atom is 0.00989 e. The van der Waals surface area contributed by atoms with Crippen molar-refractivity contribution < 1.29 is 0 Å². The van der Waals surface area contributed by atoms with Crippen LogP contribution in [0.5, 0.6) is 0 Å². The summed E-state index contributed by atoms with van der Waals surface area (Å²) in [7, 11) is 0. The molecule has 17 heavy (non-hydrogen) atoms. The number of nitrogens with zero attached hydrogens (tertiary/aromatic N) is 1. The minimum absolute atomic E-state index is 0.445. The molecular weight excluding hydrogens is 206 g/mol. The molecule has 1 nitrogen and oxygen atoms in total. The Morgan fingerprint density at radius 2 is 1.65 bits per heavy atom. The van der Waals surface area contributed by atoms with Gasteiger partial charge in [-0.3, -0.25) is 4.90 Å². The molecule has 1 heterocycles. The van der Waals surface area contributed by atoms with Gasteiger partial charge < -0.3 is 0 Å². The third-order valence-corrected chi connectivity index (χ3v) is 4.04. The van der Waals surface area contributed by atoms with Crippen molar-refractivity contribution in [2.75, 3.05) is 6.54 Å². The average Bonchev–Trinajstić information content (AvgIpc) is 2.59. The molecule has 1 rings (SSSR count). The zero-order chi connectivity index (χ0) is 12.9. The van der Waals surface area contributed by atoms with E-state index in [1.54, 1.807) is 0 Å². The Kier molecular flexibility index (Phi) is 5.99. The Bertz CT molecular complexity index is 204. The molecule has 0 aromatic heterocycles. The van der Waals surface area contributed by atoms with E-state index in [4.69, 9.17) is 0 Å². The van der Waals surface area contributed by atoms with Crippen molar-refractivity contribution in [3.05, 3.63) is 0 Å². The van der Waals surface area contributed by atoms with E-state index >= 15 is 0 Å². The van der Waals surface area contributed by atoms with Crippen molar-refractivity contribution in [3.8, 4) is 0 Å². The van der Waals surface area contributed by atoms with Crippen LogP contribution in [0.25, 0.3) is 0 Å². The van der Waals surface area contributed by atoms with Gasteiger partial charge in [0.1, 0.15) is 0 Å². The van der Waals surface area contributed by atoms with Crippen LogP contribution in [0.1, 0.15) is 79.6 Å². The van der Waals surface area contributed by atoms with E-state index in [0.29, 0.717) is 5.41 Å². The summed E-state index contributed by atoms with van der Waals surface area (Å²) in [5, 5.41) is 0. The van der Waals surface area contributed by atoms with Gasteiger partial charge >= 0.3 is 0 Å². The summed E-state index contributed by atoms with van der Waals surface area (Å²) < 4.78 is 0. The lowest BCUT2D eigenvalue weighted by Gasteiger charge is -2.35. The molecule has 0 aliphatic carbocycles. The molecule has 0 N–H and O–H groups in total. The SMILES string of the molecule is CCCCCC1CCC(CC)N1CC(C)(C)C. The highest BCUT2D eigenvalue weighted by Gasteiger charge is 2.33. The molecule has 0 bridgehead atoms. The highest BCUT2D eigenvalue weighted by molar-refractivity contribution is 4.89. The summed E-state index contributed by atoms with van der Waals surface area (Å²) in [6, 6.07) is 1.74. The van der Waals surface area contributed by atoms with Crippen molar-refractivity contribution in [1.29, 1.82) is 0 Å². The topological polar surface area (TPSA) is 3.24 Å². The Labute approximate surface area is 109 Å². The van der Waals surface area contributed by atoms with Crippen LogP contribution in [-0.4, -0.2) is 23.5 Å². The molecule has 0 amide bonds. The molecule has 0 saturated carbocycles. The van der Waals surface area contributed by atoms with E-state index in [9.17, 15) is 0 Å². The fraction of sp³-hybridized carbons (Fsp3) is 1.00. The third-order valence-electron chi connectivity index (χ3n) is 4.04. The molecule has 0 aromatic carbocycles. The standard InChI is InChI=1S/C16H33N/c1-6-8-9-10-15-12-11-14(7-2)17(15)13-16(3,4)5/h14-15H,6-13H2,1-5H3. The Morgan fingerprint density at radius 1 is 1.00 bits per heavy atom. The monoisotopic (exact) mass is 239 g/mol. The first-order valence-corrected chi connectivity index (χ1v) is 7.73. The molecule has 2 unspecified atom stereocenters. The smallest absolute Gasteiger partial charge is 0.00989 e. The maximum atomic E-state index is 2.83. The predicted octanol–water partition coefficient (Wildman–Crippen LogP) is 4.86. The molecule has 1 aliphatic heterocycles. The predicted molar refractivity (Wildman–Crippen MR) is 77.4 cm³/mol. The lowest BCUT2D eigenvalue weighted by molar-refractivity contribution is 0.124. The fourth-order valence-electron chi connectivity index (χ4n) is 3.20. The lowest BCUT2D eigenvalue weighted by atomic mass is 9.94. The van der Waals surface area contributed by atoms with Crippen molar-refractivity contribution >= 4 is 0 Å². The molecule has 1 saturated heterocycles. The van der Waals surface area contributed by atoms with Gasteiger partial charge in [-0.05, 0) is 31.1 Å². The first-order chi connectivity index (χ1) is 7.98. The van der Waals surface area contributed by atoms with Gasteiger partial charge in [-0.25, -0.2) is 0 Å². The molecular formula is C16H33N. The summed E-state index contributed by atoms with van der Waals surface area (Å²) >= 11 is 0. The van der Waals surface area contributed by atoms with Crippen molar-refractivity contribution in [2.24, 2.45) is 5.41 Å². The van der Waals surface area contributed by atoms with Gasteiger partial charge in [0.15, 0.2) is 0 Å². The van der Waals surface area contributed by atoms with Crippen LogP contribution in [0.15, 0.2) is 0 Å². The van der Waals surface area contributed by atoms with E-state index in [1.807, 2.05) is 0 Å². The van der Waals surface area contributed by atoms with Gasteiger partial charge in [0, 0.05) is 18.6 Å². The van der Waals surface area contributed by atoms with Crippen LogP contribution >= 0.6 is 0 Å². The largest absolute Gasteiger partial charge is 0.297 e. The second-order valence-electron chi connectivity index (χ2n) is 7.02. The summed E-state index contributed by atoms with van der Waals surface area (Å²) in [4.78, 5) is 2.83. The molecule has 1 heteroatoms. The first kappa shape index (κ1) is 15.0. The van der Waals surface area contributed by atoms with Crippen molar-refractivity contribution in [1.82, 2.24) is 4.90 Å². The highest BCUT2D eigenvalue weighted by Crippen LogP contribution is 2.32. The van der Waals surface area contributed by atoms with Gasteiger partial charge in [-0.1, -0.05) is 53.9 Å². The number of likely N-dealkylation sites (tertiary alicyclic amines) is 1. The second-order valence-corrected chi connectivity index (χ2v) is 7.02. The number of hydrogen-bond acceptors (Lipinski definition) is 1. The van der Waals surface area contributed by atoms with Gasteiger partial charge in [-0.15, -0.1) is 0 Å². The second kappa shape index (κ2) is 6.78. The summed E-state index contributed by atoms with van der Waals surface area (Å²) in [6.07, 6.45) is 9.83. The zero-order valence-electron chi connectivity index (χ0n) is 12.8. The molecule has 1 aliphatic rings. The van der Waals surface area contributed by atoms with Crippen molar-refractivity contribution in [2.45, 2.75) is 91.6 Å². The fourth-order valence-corrected chi connectivity index (χ4v) is 3.20. The average molecular weight is 239 g/mol. The third kappa shape index (κ3) is 4.99. The maximum absolute atomic E-state index is 2.83. The minimum atomic E-state index is 0.445. The van der Waals surface area contributed by atoms with Gasteiger partial charge in [-0.2, -0.15) is 0 Å². The Balaban J connectivity index is 2.50. The molecule has 102 valence electrons. The van der Waals surface area contributed by atoms with Crippen LogP contribution in [0.2, 0.25) is 0 Å². The first-order valence-electron chi connectivity index (χ1n) is 7.73. The summed E-state index contributed by atoms with van der Waals surface area (Å²) in [5.74, 6) is 0. The lowest BCUT2D eigenvalue weighted by Crippen LogP contribution is -2.41. The van der Waals surface area contributed by atoms with E-state index in [0.717, 1.165) is 12.1 Å². The summed E-state index contributed by atoms with van der Waals surface area (Å²) in [6.45, 7) is 13.1. The molecule has 1 fully saturated rings. The number of rotatable bonds is 6. The van der Waals surface area contributed by atoms with E-state index in [2.05, 4.69) is 39.5 Å². The van der Waals surface area contributed by atoms with Crippen LogP contribution in [-0.2, 0) is 0 Å². The van der Waals surface area contributed by atoms with Crippen LogP contribution < -0.4 is 0 Å². The zero-order valence-corrected chi connectivity index (χ0v) is 12.8. The van der Waals surface area contributed by atoms with Crippen molar-refractivity contribution in [3.63, 3.8) is 0 Å². The molecule has 0 radical (unpaired) electrons. The van der Waals surface area contributed by atoms with Gasteiger partial charge in [0.05, 0.1) is 0 Å². The van der Waals surface area contributed by atoms with Crippen LogP contribution in [0, 0.1) is 5.41 Å². The molecule has 2 atom stereocenters.